The molecule has 1 aliphatic rings. The second-order valence-electron chi connectivity index (χ2n) is 6.25. The molecule has 1 fully saturated rings. The van der Waals surface area contributed by atoms with E-state index in [0.29, 0.717) is 43.0 Å². The van der Waals surface area contributed by atoms with Crippen LogP contribution in [-0.2, 0) is 16.1 Å². The number of carbonyl (C=O) groups excluding carboxylic acids is 2. The standard InChI is InChI=1S/C20H21FN2O4/c21-17-3-1-2-4-18(17)22-9-11-23(12-10-22)19(25)14-27-20(26)16-7-5-15(13-24)6-8-16/h1-8,24H,9-14H2. The van der Waals surface area contributed by atoms with Gasteiger partial charge in [-0.1, -0.05) is 24.3 Å². The van der Waals surface area contributed by atoms with Crippen molar-refractivity contribution < 1.29 is 23.8 Å². The van der Waals surface area contributed by atoms with Crippen molar-refractivity contribution in [3.63, 3.8) is 0 Å². The molecule has 1 heterocycles. The van der Waals surface area contributed by atoms with Gasteiger partial charge in [0.2, 0.25) is 0 Å². The molecule has 2 aromatic carbocycles. The van der Waals surface area contributed by atoms with Crippen LogP contribution in [-0.4, -0.2) is 54.7 Å². The van der Waals surface area contributed by atoms with Gasteiger partial charge in [0.05, 0.1) is 17.9 Å². The fraction of sp³-hybridized carbons (Fsp3) is 0.300. The van der Waals surface area contributed by atoms with E-state index in [9.17, 15) is 14.0 Å². The highest BCUT2D eigenvalue weighted by Gasteiger charge is 2.23. The van der Waals surface area contributed by atoms with Crippen molar-refractivity contribution in [1.29, 1.82) is 0 Å². The molecule has 27 heavy (non-hydrogen) atoms. The van der Waals surface area contributed by atoms with E-state index in [1.54, 1.807) is 47.4 Å². The predicted octanol–water partition coefficient (Wildman–Crippen LogP) is 1.82. The number of para-hydroxylation sites is 1. The molecule has 6 nitrogen and oxygen atoms in total. The Morgan fingerprint density at radius 1 is 1.00 bits per heavy atom. The van der Waals surface area contributed by atoms with Crippen molar-refractivity contribution in [1.82, 2.24) is 4.90 Å². The number of piperazine rings is 1. The second kappa shape index (κ2) is 8.64. The highest BCUT2D eigenvalue weighted by molar-refractivity contribution is 5.91. The molecule has 2 aromatic rings. The van der Waals surface area contributed by atoms with Crippen molar-refractivity contribution >= 4 is 17.6 Å². The molecule has 0 bridgehead atoms. The fourth-order valence-electron chi connectivity index (χ4n) is 2.95. The second-order valence-corrected chi connectivity index (χ2v) is 6.25. The summed E-state index contributed by atoms with van der Waals surface area (Å²) in [5.41, 5.74) is 1.54. The van der Waals surface area contributed by atoms with Gasteiger partial charge in [-0.3, -0.25) is 4.79 Å². The van der Waals surface area contributed by atoms with E-state index < -0.39 is 5.97 Å². The SMILES string of the molecule is O=C(OCC(=O)N1CCN(c2ccccc2F)CC1)c1ccc(CO)cc1. The number of hydrogen-bond acceptors (Lipinski definition) is 5. The average Bonchev–Trinajstić information content (AvgIpc) is 2.72. The van der Waals surface area contributed by atoms with Gasteiger partial charge in [0.1, 0.15) is 5.82 Å². The highest BCUT2D eigenvalue weighted by Crippen LogP contribution is 2.20. The van der Waals surface area contributed by atoms with Gasteiger partial charge < -0.3 is 19.6 Å². The van der Waals surface area contributed by atoms with E-state index in [1.165, 1.54) is 6.07 Å². The Morgan fingerprint density at radius 2 is 1.67 bits per heavy atom. The van der Waals surface area contributed by atoms with E-state index in [4.69, 9.17) is 9.84 Å². The first-order chi connectivity index (χ1) is 13.1. The lowest BCUT2D eigenvalue weighted by molar-refractivity contribution is -0.134. The van der Waals surface area contributed by atoms with E-state index in [-0.39, 0.29) is 24.9 Å². The number of rotatable bonds is 5. The largest absolute Gasteiger partial charge is 0.452 e. The minimum absolute atomic E-state index is 0.104. The molecule has 0 saturated carbocycles. The van der Waals surface area contributed by atoms with Crippen LogP contribution in [0.25, 0.3) is 0 Å². The molecule has 1 aliphatic heterocycles. The minimum Gasteiger partial charge on any atom is -0.452 e. The third kappa shape index (κ3) is 4.62. The van der Waals surface area contributed by atoms with Crippen LogP contribution in [0.3, 0.4) is 0 Å². The first-order valence-corrected chi connectivity index (χ1v) is 8.72. The molecule has 0 aliphatic carbocycles. The number of nitrogens with zero attached hydrogens (tertiary/aromatic N) is 2. The molecule has 142 valence electrons. The monoisotopic (exact) mass is 372 g/mol. The van der Waals surface area contributed by atoms with Crippen LogP contribution in [0.4, 0.5) is 10.1 Å². The summed E-state index contributed by atoms with van der Waals surface area (Å²) in [5.74, 6) is -1.14. The predicted molar refractivity (Wildman–Crippen MR) is 97.8 cm³/mol. The quantitative estimate of drug-likeness (QED) is 0.811. The molecule has 0 spiro atoms. The van der Waals surface area contributed by atoms with E-state index in [0.717, 1.165) is 0 Å². The minimum atomic E-state index is -0.585. The number of benzene rings is 2. The van der Waals surface area contributed by atoms with Crippen LogP contribution in [0.2, 0.25) is 0 Å². The summed E-state index contributed by atoms with van der Waals surface area (Å²) < 4.78 is 18.9. The van der Waals surface area contributed by atoms with Crippen LogP contribution < -0.4 is 4.90 Å². The lowest BCUT2D eigenvalue weighted by Crippen LogP contribution is -2.50. The van der Waals surface area contributed by atoms with Gasteiger partial charge in [0, 0.05) is 26.2 Å². The summed E-state index contributed by atoms with van der Waals surface area (Å²) in [6.45, 7) is 1.48. The molecule has 1 saturated heterocycles. The summed E-state index contributed by atoms with van der Waals surface area (Å²) >= 11 is 0. The van der Waals surface area contributed by atoms with Gasteiger partial charge >= 0.3 is 5.97 Å². The molecule has 0 radical (unpaired) electrons. The van der Waals surface area contributed by atoms with Gasteiger partial charge in [0.25, 0.3) is 5.91 Å². The van der Waals surface area contributed by atoms with Gasteiger partial charge in [0.15, 0.2) is 6.61 Å². The number of hydrogen-bond donors (Lipinski definition) is 1. The van der Waals surface area contributed by atoms with E-state index in [1.807, 2.05) is 4.90 Å². The summed E-state index contributed by atoms with van der Waals surface area (Å²) in [6.07, 6.45) is 0. The normalized spacial score (nSPS) is 14.1. The Hall–Kier alpha value is -2.93. The number of halogens is 1. The summed E-state index contributed by atoms with van der Waals surface area (Å²) in [6, 6.07) is 12.9. The number of amides is 1. The Kier molecular flexibility index (Phi) is 6.03. The number of ether oxygens (including phenoxy) is 1. The maximum absolute atomic E-state index is 13.9. The fourth-order valence-corrected chi connectivity index (χ4v) is 2.95. The van der Waals surface area contributed by atoms with Crippen molar-refractivity contribution in [2.75, 3.05) is 37.7 Å². The van der Waals surface area contributed by atoms with Crippen molar-refractivity contribution in [3.8, 4) is 0 Å². The van der Waals surface area contributed by atoms with Crippen molar-refractivity contribution in [2.45, 2.75) is 6.61 Å². The van der Waals surface area contributed by atoms with Gasteiger partial charge in [-0.15, -0.1) is 0 Å². The number of esters is 1. The molecular formula is C20H21FN2O4. The maximum Gasteiger partial charge on any atom is 0.338 e. The van der Waals surface area contributed by atoms with Gasteiger partial charge in [-0.05, 0) is 29.8 Å². The van der Waals surface area contributed by atoms with Gasteiger partial charge in [-0.25, -0.2) is 9.18 Å². The maximum atomic E-state index is 13.9. The Balaban J connectivity index is 1.48. The number of aliphatic hydroxyl groups is 1. The number of aliphatic hydroxyl groups excluding tert-OH is 1. The van der Waals surface area contributed by atoms with Gasteiger partial charge in [-0.2, -0.15) is 0 Å². The molecule has 0 aromatic heterocycles. The molecule has 0 unspecified atom stereocenters. The third-order valence-corrected chi connectivity index (χ3v) is 4.52. The molecule has 3 rings (SSSR count). The Labute approximate surface area is 156 Å². The number of carbonyl (C=O) groups is 2. The first-order valence-electron chi connectivity index (χ1n) is 8.72. The third-order valence-electron chi connectivity index (χ3n) is 4.52. The Bertz CT molecular complexity index is 802. The lowest BCUT2D eigenvalue weighted by Gasteiger charge is -2.36. The van der Waals surface area contributed by atoms with Crippen LogP contribution >= 0.6 is 0 Å². The Morgan fingerprint density at radius 3 is 2.30 bits per heavy atom. The lowest BCUT2D eigenvalue weighted by atomic mass is 10.1. The van der Waals surface area contributed by atoms with E-state index in [2.05, 4.69) is 0 Å². The summed E-state index contributed by atoms with van der Waals surface area (Å²) in [5, 5.41) is 9.00. The van der Waals surface area contributed by atoms with Crippen LogP contribution in [0.15, 0.2) is 48.5 Å². The summed E-state index contributed by atoms with van der Waals surface area (Å²) in [7, 11) is 0. The highest BCUT2D eigenvalue weighted by atomic mass is 19.1. The zero-order valence-corrected chi connectivity index (χ0v) is 14.8. The number of anilines is 1. The molecular weight excluding hydrogens is 351 g/mol. The van der Waals surface area contributed by atoms with Crippen LogP contribution in [0.1, 0.15) is 15.9 Å². The molecule has 1 amide bonds. The summed E-state index contributed by atoms with van der Waals surface area (Å²) in [4.78, 5) is 27.8. The first kappa shape index (κ1) is 18.8. The zero-order valence-electron chi connectivity index (χ0n) is 14.8. The van der Waals surface area contributed by atoms with Crippen molar-refractivity contribution in [3.05, 3.63) is 65.5 Å². The van der Waals surface area contributed by atoms with Crippen LogP contribution in [0, 0.1) is 5.82 Å². The average molecular weight is 372 g/mol. The molecule has 1 N–H and O–H groups in total. The topological polar surface area (TPSA) is 70.1 Å². The van der Waals surface area contributed by atoms with Crippen LogP contribution in [0.5, 0.6) is 0 Å². The smallest absolute Gasteiger partial charge is 0.338 e. The molecule has 0 atom stereocenters. The molecule has 7 heteroatoms. The van der Waals surface area contributed by atoms with Crippen molar-refractivity contribution in [2.24, 2.45) is 0 Å². The zero-order chi connectivity index (χ0) is 19.2. The van der Waals surface area contributed by atoms with E-state index >= 15 is 0 Å².